The van der Waals surface area contributed by atoms with Gasteiger partial charge in [0.25, 0.3) is 0 Å². The Kier molecular flexibility index (Phi) is 14.5. The molecular weight excluding hydrogens is 961 g/mol. The van der Waals surface area contributed by atoms with Crippen LogP contribution in [0.3, 0.4) is 0 Å². The summed E-state index contributed by atoms with van der Waals surface area (Å²) in [6, 6.07) is 27.8. The van der Waals surface area contributed by atoms with Crippen molar-refractivity contribution in [2.24, 2.45) is 0 Å². The average Bonchev–Trinajstić information content (AvgIpc) is 4.08. The molecule has 5 heterocycles. The molecule has 2 aliphatic heterocycles. The molecular formula is C44H42N8O12S4. The number of hydrogen-bond donors (Lipinski definition) is 6. The SMILES string of the molecule is O=S(=O)([O-])c1ccc(-c2c3nc(c(-c4ccc(S(=O)(=O)[O-])cc4)c4ccc([nH]4)c(-c4ccc(S(=O)(=O)[O-])cc4)c4nc(c(-c5ccc(S(=O)(=O)[O-])cc5)c5ccc2[nH]5)C=C4)C=C3)cc1.[NH4+].[NH4+].[NH4+].[NH4+]. The molecule has 0 spiro atoms. The first-order valence-electron chi connectivity index (χ1n) is 18.6. The maximum absolute atomic E-state index is 11.9. The van der Waals surface area contributed by atoms with E-state index in [0.717, 1.165) is 0 Å². The van der Waals surface area contributed by atoms with Gasteiger partial charge >= 0.3 is 0 Å². The molecule has 68 heavy (non-hydrogen) atoms. The Labute approximate surface area is 389 Å². The zero-order valence-corrected chi connectivity index (χ0v) is 39.5. The van der Waals surface area contributed by atoms with Crippen LogP contribution in [-0.2, 0) is 40.5 Å². The quantitative estimate of drug-likeness (QED) is 0.0778. The van der Waals surface area contributed by atoms with Gasteiger partial charge in [0.15, 0.2) is 0 Å². The molecule has 7 aromatic rings. The number of aromatic nitrogens is 4. The van der Waals surface area contributed by atoms with E-state index in [0.29, 0.717) is 89.4 Å². The van der Waals surface area contributed by atoms with Gasteiger partial charge in [-0.25, -0.2) is 43.6 Å². The summed E-state index contributed by atoms with van der Waals surface area (Å²) in [5.41, 5.74) is 6.76. The Hall–Kier alpha value is -7.04. The van der Waals surface area contributed by atoms with Crippen molar-refractivity contribution in [3.05, 3.63) is 144 Å². The minimum Gasteiger partial charge on any atom is -0.744 e. The molecule has 0 atom stereocenters. The lowest BCUT2D eigenvalue weighted by Crippen LogP contribution is -1.98. The van der Waals surface area contributed by atoms with Gasteiger partial charge in [0.1, 0.15) is 40.5 Å². The van der Waals surface area contributed by atoms with Gasteiger partial charge in [0.2, 0.25) is 0 Å². The Balaban J connectivity index is 0.00000216. The molecule has 9 rings (SSSR count). The maximum atomic E-state index is 11.9. The minimum atomic E-state index is -4.81. The molecule has 0 fully saturated rings. The summed E-state index contributed by atoms with van der Waals surface area (Å²) in [6.45, 7) is 0. The van der Waals surface area contributed by atoms with Crippen molar-refractivity contribution in [3.8, 4) is 44.5 Å². The number of fused-ring (bicyclic) bond motifs is 8. The fourth-order valence-corrected chi connectivity index (χ4v) is 9.45. The molecule has 2 aliphatic rings. The van der Waals surface area contributed by atoms with Crippen LogP contribution in [0.2, 0.25) is 0 Å². The molecule has 354 valence electrons. The van der Waals surface area contributed by atoms with E-state index in [1.165, 1.54) is 97.1 Å². The van der Waals surface area contributed by atoms with Crippen LogP contribution in [0.4, 0.5) is 0 Å². The summed E-state index contributed by atoms with van der Waals surface area (Å²) in [5, 5.41) is 0. The molecule has 18 N–H and O–H groups in total. The summed E-state index contributed by atoms with van der Waals surface area (Å²) in [4.78, 5) is 15.0. The van der Waals surface area contributed by atoms with Gasteiger partial charge in [-0.1, -0.05) is 48.5 Å². The largest absolute Gasteiger partial charge is 0.744 e. The van der Waals surface area contributed by atoms with E-state index in [-0.39, 0.29) is 24.6 Å². The third-order valence-corrected chi connectivity index (χ3v) is 13.9. The Morgan fingerprint density at radius 3 is 0.632 bits per heavy atom. The molecule has 0 saturated heterocycles. The lowest BCUT2D eigenvalue weighted by Gasteiger charge is -2.10. The second kappa shape index (κ2) is 18.9. The van der Waals surface area contributed by atoms with E-state index in [2.05, 4.69) is 9.97 Å². The highest BCUT2D eigenvalue weighted by molar-refractivity contribution is 7.86. The van der Waals surface area contributed by atoms with Crippen LogP contribution in [0.15, 0.2) is 141 Å². The van der Waals surface area contributed by atoms with E-state index in [1.54, 1.807) is 48.6 Å². The van der Waals surface area contributed by atoms with Crippen LogP contribution in [0, 0.1) is 0 Å². The van der Waals surface area contributed by atoms with E-state index in [9.17, 15) is 51.9 Å². The van der Waals surface area contributed by atoms with Gasteiger partial charge in [-0.15, -0.1) is 0 Å². The van der Waals surface area contributed by atoms with Gasteiger partial charge in [0, 0.05) is 44.3 Å². The number of hydrogen-bond acceptors (Lipinski definition) is 14. The van der Waals surface area contributed by atoms with Crippen molar-refractivity contribution in [2.45, 2.75) is 19.6 Å². The van der Waals surface area contributed by atoms with E-state index in [4.69, 9.17) is 9.97 Å². The lowest BCUT2D eigenvalue weighted by atomic mass is 10.0. The molecule has 20 nitrogen and oxygen atoms in total. The van der Waals surface area contributed by atoms with E-state index in [1.807, 2.05) is 0 Å². The number of H-pyrrole nitrogens is 2. The highest BCUT2D eigenvalue weighted by atomic mass is 32.2. The topological polar surface area (TPSA) is 432 Å². The molecule has 0 amide bonds. The van der Waals surface area contributed by atoms with Gasteiger partial charge in [-0.2, -0.15) is 0 Å². The summed E-state index contributed by atoms with van der Waals surface area (Å²) in [7, 11) is -19.2. The fraction of sp³-hybridized carbons (Fsp3) is 0. The van der Waals surface area contributed by atoms with Crippen molar-refractivity contribution >= 4 is 86.8 Å². The highest BCUT2D eigenvalue weighted by Gasteiger charge is 2.20. The number of quaternary nitrogens is 4. The fourth-order valence-electron chi connectivity index (χ4n) is 7.57. The molecule has 0 saturated carbocycles. The predicted octanol–water partition coefficient (Wildman–Crippen LogP) is 8.44. The monoisotopic (exact) mass is 1000 g/mol. The van der Waals surface area contributed by atoms with Crippen molar-refractivity contribution in [2.75, 3.05) is 0 Å². The number of benzene rings is 4. The summed E-state index contributed by atoms with van der Waals surface area (Å²) < 4.78 is 143. The van der Waals surface area contributed by atoms with Crippen LogP contribution in [0.5, 0.6) is 0 Å². The first kappa shape index (κ1) is 51.9. The van der Waals surface area contributed by atoms with Crippen molar-refractivity contribution < 1.29 is 51.9 Å². The zero-order valence-electron chi connectivity index (χ0n) is 36.3. The van der Waals surface area contributed by atoms with Gasteiger partial charge in [-0.3, -0.25) is 0 Å². The number of nitrogens with one attached hydrogen (secondary N) is 2. The molecule has 4 aromatic carbocycles. The first-order chi connectivity index (χ1) is 30.2. The summed E-state index contributed by atoms with van der Waals surface area (Å²) in [5.74, 6) is 0. The summed E-state index contributed by atoms with van der Waals surface area (Å²) in [6.07, 6.45) is 6.79. The maximum Gasteiger partial charge on any atom is 0.124 e. The van der Waals surface area contributed by atoms with Crippen molar-refractivity contribution in [1.82, 2.24) is 44.5 Å². The first-order valence-corrected chi connectivity index (χ1v) is 24.3. The van der Waals surface area contributed by atoms with Crippen LogP contribution >= 0.6 is 0 Å². The van der Waals surface area contributed by atoms with Crippen LogP contribution in [0.25, 0.3) is 90.9 Å². The highest BCUT2D eigenvalue weighted by Crippen LogP contribution is 2.39. The third kappa shape index (κ3) is 9.97. The molecule has 8 bridgehead atoms. The second-order valence-electron chi connectivity index (χ2n) is 14.4. The Morgan fingerprint density at radius 1 is 0.294 bits per heavy atom. The molecule has 0 unspecified atom stereocenters. The second-order valence-corrected chi connectivity index (χ2v) is 19.9. The zero-order chi connectivity index (χ0) is 45.3. The lowest BCUT2D eigenvalue weighted by molar-refractivity contribution is 0.461. The van der Waals surface area contributed by atoms with Gasteiger partial charge in [-0.05, 0) is 119 Å². The summed E-state index contributed by atoms with van der Waals surface area (Å²) >= 11 is 0. The van der Waals surface area contributed by atoms with Crippen LogP contribution in [0.1, 0.15) is 22.8 Å². The molecule has 0 aliphatic carbocycles. The Morgan fingerprint density at radius 2 is 0.471 bits per heavy atom. The number of nitrogens with zero attached hydrogens (tertiary/aromatic N) is 2. The third-order valence-electron chi connectivity index (χ3n) is 10.5. The number of aromatic amines is 2. The van der Waals surface area contributed by atoms with Crippen molar-refractivity contribution in [3.63, 3.8) is 0 Å². The standard InChI is InChI=1S/C44H30N4O12S4.4H3N/c49-61(50,51)29-9-1-25(2-10-29)41-33-17-19-35(45-33)42(26-3-11-30(12-4-26)62(52,53)54)37-21-23-39(47-37)44(28-7-15-32(16-8-28)64(58,59)60)40-24-22-38(48-40)43(36-20-18-34(41)46-36)27-5-13-31(14-6-27)63(55,56)57;;;;/h1-24,45,48H,(H,49,50,51)(H,52,53,54)(H,55,56,57)(H,58,59,60);4*1H3. The smallest absolute Gasteiger partial charge is 0.124 e. The normalized spacial score (nSPS) is 12.3. The molecule has 3 aromatic heterocycles. The van der Waals surface area contributed by atoms with Crippen LogP contribution in [-0.4, -0.2) is 71.8 Å². The van der Waals surface area contributed by atoms with Crippen molar-refractivity contribution in [1.29, 1.82) is 0 Å². The average molecular weight is 1000 g/mol. The van der Waals surface area contributed by atoms with E-state index >= 15 is 0 Å². The molecule has 24 heteroatoms. The van der Waals surface area contributed by atoms with Gasteiger partial charge in [0.05, 0.1) is 42.4 Å². The van der Waals surface area contributed by atoms with Gasteiger partial charge < -0.3 is 52.8 Å². The number of rotatable bonds is 8. The molecule has 0 radical (unpaired) electrons. The van der Waals surface area contributed by atoms with Crippen LogP contribution < -0.4 is 24.6 Å². The van der Waals surface area contributed by atoms with E-state index < -0.39 is 60.1 Å². The Bertz CT molecular complexity index is 3310. The minimum absolute atomic E-state index is 0. The predicted molar refractivity (Wildman–Crippen MR) is 256 cm³/mol.